The average molecular weight is 392 g/mol. The fourth-order valence-corrected chi connectivity index (χ4v) is 3.36. The molecule has 1 rings (SSSR count). The molecular weight excluding hydrogens is 374 g/mol. The Morgan fingerprint density at radius 3 is 2.44 bits per heavy atom. The summed E-state index contributed by atoms with van der Waals surface area (Å²) in [7, 11) is -4.04. The van der Waals surface area contributed by atoms with Gasteiger partial charge >= 0.3 is 12.0 Å². The lowest BCUT2D eigenvalue weighted by Crippen LogP contribution is -2.46. The summed E-state index contributed by atoms with van der Waals surface area (Å²) in [6.07, 6.45) is 0. The predicted molar refractivity (Wildman–Crippen MR) is 89.1 cm³/mol. The summed E-state index contributed by atoms with van der Waals surface area (Å²) in [5.74, 6) is -2.37. The van der Waals surface area contributed by atoms with E-state index < -0.39 is 46.5 Å². The number of imide groups is 1. The molecule has 0 saturated carbocycles. The number of rotatable bonds is 7. The van der Waals surface area contributed by atoms with Gasteiger partial charge in [-0.15, -0.1) is 0 Å². The summed E-state index contributed by atoms with van der Waals surface area (Å²) in [6.45, 7) is 2.41. The van der Waals surface area contributed by atoms with Crippen molar-refractivity contribution >= 4 is 39.5 Å². The van der Waals surface area contributed by atoms with Crippen molar-refractivity contribution in [3.05, 3.63) is 29.3 Å². The minimum absolute atomic E-state index is 0.120. The van der Waals surface area contributed by atoms with Gasteiger partial charge in [-0.05, 0) is 24.1 Å². The van der Waals surface area contributed by atoms with E-state index in [1.54, 1.807) is 19.2 Å². The fraction of sp³-hybridized carbons (Fsp3) is 0.357. The van der Waals surface area contributed by atoms with Gasteiger partial charge in [-0.25, -0.2) is 13.2 Å². The van der Waals surface area contributed by atoms with Gasteiger partial charge in [-0.3, -0.25) is 14.9 Å². The van der Waals surface area contributed by atoms with E-state index in [-0.39, 0.29) is 9.92 Å². The van der Waals surface area contributed by atoms with Crippen molar-refractivity contribution < 1.29 is 27.5 Å². The van der Waals surface area contributed by atoms with E-state index >= 15 is 0 Å². The maximum absolute atomic E-state index is 12.4. The van der Waals surface area contributed by atoms with Crippen molar-refractivity contribution in [2.45, 2.75) is 24.8 Å². The Morgan fingerprint density at radius 1 is 1.28 bits per heavy atom. The van der Waals surface area contributed by atoms with Crippen molar-refractivity contribution in [2.24, 2.45) is 11.7 Å². The maximum atomic E-state index is 12.4. The summed E-state index contributed by atoms with van der Waals surface area (Å²) in [5.41, 5.74) is 4.75. The monoisotopic (exact) mass is 391 g/mol. The molecule has 0 heterocycles. The van der Waals surface area contributed by atoms with Gasteiger partial charge in [0.05, 0.1) is 4.90 Å². The van der Waals surface area contributed by atoms with Crippen LogP contribution in [-0.4, -0.2) is 39.0 Å². The molecule has 0 fully saturated rings. The number of sulfonamides is 1. The van der Waals surface area contributed by atoms with Gasteiger partial charge in [-0.2, -0.15) is 4.72 Å². The molecule has 11 heteroatoms. The molecule has 0 saturated heterocycles. The number of halogens is 1. The largest absolute Gasteiger partial charge is 0.454 e. The Kier molecular flexibility index (Phi) is 7.34. The first kappa shape index (κ1) is 20.9. The third kappa shape index (κ3) is 6.69. The van der Waals surface area contributed by atoms with Crippen molar-refractivity contribution in [1.82, 2.24) is 10.0 Å². The van der Waals surface area contributed by atoms with Crippen LogP contribution in [-0.2, 0) is 24.3 Å². The predicted octanol–water partition coefficient (Wildman–Crippen LogP) is 0.381. The molecule has 138 valence electrons. The lowest BCUT2D eigenvalue weighted by Gasteiger charge is -2.20. The number of nitrogens with two attached hydrogens (primary N) is 1. The minimum Gasteiger partial charge on any atom is -0.454 e. The second-order valence-electron chi connectivity index (χ2n) is 5.32. The SMILES string of the molecule is CC(C)[C@@H](NS(=O)(=O)c1cccc(Cl)c1)C(=O)OCC(=O)NC(N)=O. The highest BCUT2D eigenvalue weighted by Crippen LogP contribution is 2.17. The molecule has 0 aliphatic heterocycles. The van der Waals surface area contributed by atoms with Crippen LogP contribution in [0.5, 0.6) is 0 Å². The molecule has 0 bridgehead atoms. The number of primary amides is 1. The Morgan fingerprint density at radius 2 is 1.92 bits per heavy atom. The molecule has 0 spiro atoms. The number of carbonyl (C=O) groups is 3. The molecule has 9 nitrogen and oxygen atoms in total. The first-order valence-electron chi connectivity index (χ1n) is 7.06. The zero-order chi connectivity index (χ0) is 19.2. The maximum Gasteiger partial charge on any atom is 0.324 e. The van der Waals surface area contributed by atoms with Gasteiger partial charge in [0.15, 0.2) is 6.61 Å². The molecule has 0 radical (unpaired) electrons. The van der Waals surface area contributed by atoms with Crippen LogP contribution in [0.15, 0.2) is 29.2 Å². The van der Waals surface area contributed by atoms with E-state index in [0.717, 1.165) is 0 Å². The molecule has 4 N–H and O–H groups in total. The molecule has 1 aromatic rings. The van der Waals surface area contributed by atoms with Gasteiger partial charge < -0.3 is 10.5 Å². The van der Waals surface area contributed by atoms with Crippen LogP contribution in [0, 0.1) is 5.92 Å². The molecule has 0 aliphatic rings. The molecule has 1 atom stereocenters. The van der Waals surface area contributed by atoms with Crippen LogP contribution in [0.1, 0.15) is 13.8 Å². The van der Waals surface area contributed by atoms with E-state index in [9.17, 15) is 22.8 Å². The van der Waals surface area contributed by atoms with Crippen LogP contribution in [0.25, 0.3) is 0 Å². The number of nitrogens with one attached hydrogen (secondary N) is 2. The van der Waals surface area contributed by atoms with E-state index in [1.807, 2.05) is 0 Å². The average Bonchev–Trinajstić information content (AvgIpc) is 2.49. The van der Waals surface area contributed by atoms with Gasteiger partial charge in [0.25, 0.3) is 5.91 Å². The quantitative estimate of drug-likeness (QED) is 0.573. The topological polar surface area (TPSA) is 145 Å². The second kappa shape index (κ2) is 8.79. The Bertz CT molecular complexity index is 766. The first-order chi connectivity index (χ1) is 11.5. The standard InChI is InChI=1S/C14H18ClN3O6S/c1-8(2)12(13(20)24-7-11(19)17-14(16)21)18-25(22,23)10-5-3-4-9(15)6-10/h3-6,8,12,18H,7H2,1-2H3,(H3,16,17,19,21)/t12-/m1/s1. The van der Waals surface area contributed by atoms with Gasteiger partial charge in [0, 0.05) is 5.02 Å². The van der Waals surface area contributed by atoms with Crippen LogP contribution >= 0.6 is 11.6 Å². The summed E-state index contributed by atoms with van der Waals surface area (Å²) in [5, 5.41) is 1.93. The Hall–Kier alpha value is -2.17. The van der Waals surface area contributed by atoms with Crippen molar-refractivity contribution in [1.29, 1.82) is 0 Å². The van der Waals surface area contributed by atoms with Crippen LogP contribution in [0.3, 0.4) is 0 Å². The van der Waals surface area contributed by atoms with Crippen LogP contribution in [0.4, 0.5) is 4.79 Å². The number of esters is 1. The van der Waals surface area contributed by atoms with Crippen LogP contribution in [0.2, 0.25) is 5.02 Å². The number of hydrogen-bond acceptors (Lipinski definition) is 6. The molecule has 0 aliphatic carbocycles. The Labute approximate surface area is 149 Å². The highest BCUT2D eigenvalue weighted by molar-refractivity contribution is 7.89. The number of amides is 3. The van der Waals surface area contributed by atoms with Gasteiger partial charge in [-0.1, -0.05) is 31.5 Å². The van der Waals surface area contributed by atoms with Gasteiger partial charge in [0.2, 0.25) is 10.0 Å². The second-order valence-corrected chi connectivity index (χ2v) is 7.47. The Balaban J connectivity index is 2.84. The molecule has 3 amide bonds. The number of ether oxygens (including phenoxy) is 1. The molecule has 0 unspecified atom stereocenters. The third-order valence-electron chi connectivity index (χ3n) is 2.92. The van der Waals surface area contributed by atoms with Gasteiger partial charge in [0.1, 0.15) is 6.04 Å². The highest BCUT2D eigenvalue weighted by atomic mass is 35.5. The number of urea groups is 1. The molecular formula is C14H18ClN3O6S. The zero-order valence-corrected chi connectivity index (χ0v) is 15.1. The lowest BCUT2D eigenvalue weighted by molar-refractivity contribution is -0.150. The van der Waals surface area contributed by atoms with E-state index in [4.69, 9.17) is 22.1 Å². The summed E-state index contributed by atoms with van der Waals surface area (Å²) >= 11 is 5.77. The van der Waals surface area contributed by atoms with E-state index in [0.29, 0.717) is 0 Å². The lowest BCUT2D eigenvalue weighted by atomic mass is 10.1. The zero-order valence-electron chi connectivity index (χ0n) is 13.5. The summed E-state index contributed by atoms with van der Waals surface area (Å²) in [4.78, 5) is 33.7. The van der Waals surface area contributed by atoms with Crippen molar-refractivity contribution in [3.8, 4) is 0 Å². The van der Waals surface area contributed by atoms with Crippen molar-refractivity contribution in [2.75, 3.05) is 6.61 Å². The smallest absolute Gasteiger partial charge is 0.324 e. The summed E-state index contributed by atoms with van der Waals surface area (Å²) < 4.78 is 31.7. The third-order valence-corrected chi connectivity index (χ3v) is 4.59. The van der Waals surface area contributed by atoms with Crippen LogP contribution < -0.4 is 15.8 Å². The number of carbonyl (C=O) groups excluding carboxylic acids is 3. The highest BCUT2D eigenvalue weighted by Gasteiger charge is 2.30. The number of benzene rings is 1. The van der Waals surface area contributed by atoms with E-state index in [1.165, 1.54) is 24.3 Å². The van der Waals surface area contributed by atoms with E-state index in [2.05, 4.69) is 4.72 Å². The molecule has 1 aromatic carbocycles. The van der Waals surface area contributed by atoms with Crippen molar-refractivity contribution in [3.63, 3.8) is 0 Å². The minimum atomic E-state index is -4.04. The number of hydrogen-bond donors (Lipinski definition) is 3. The molecule has 25 heavy (non-hydrogen) atoms. The normalized spacial score (nSPS) is 12.5. The fourth-order valence-electron chi connectivity index (χ4n) is 1.73. The first-order valence-corrected chi connectivity index (χ1v) is 8.93. The molecule has 0 aromatic heterocycles. The summed E-state index contributed by atoms with van der Waals surface area (Å²) in [6, 6.07) is 3.16.